The number of rotatable bonds is 4. The van der Waals surface area contributed by atoms with Crippen LogP contribution in [0.4, 0.5) is 5.69 Å². The van der Waals surface area contributed by atoms with E-state index in [2.05, 4.69) is 18.9 Å². The number of nitrogen functional groups attached to an aromatic ring is 1. The lowest BCUT2D eigenvalue weighted by molar-refractivity contribution is 0.0765. The lowest BCUT2D eigenvalue weighted by atomic mass is 10.1. The molecule has 0 aliphatic heterocycles. The van der Waals surface area contributed by atoms with Gasteiger partial charge in [-0.1, -0.05) is 20.3 Å². The first-order valence-electron chi connectivity index (χ1n) is 5.50. The van der Waals surface area contributed by atoms with E-state index in [-0.39, 0.29) is 5.91 Å². The molecular formula is C11H20N4O. The van der Waals surface area contributed by atoms with Crippen molar-refractivity contribution in [3.63, 3.8) is 0 Å². The summed E-state index contributed by atoms with van der Waals surface area (Å²) >= 11 is 0. The Balaban J connectivity index is 2.78. The number of nitrogens with two attached hydrogens (primary N) is 1. The van der Waals surface area contributed by atoms with Gasteiger partial charge in [-0.2, -0.15) is 5.10 Å². The fraction of sp³-hybridized carbons (Fsp3) is 0.636. The molecule has 0 spiro atoms. The number of carbonyl (C=O) groups excluding carboxylic acids is 1. The molecule has 1 aromatic rings. The third-order valence-electron chi connectivity index (χ3n) is 2.80. The summed E-state index contributed by atoms with van der Waals surface area (Å²) in [6.07, 6.45) is 2.56. The predicted octanol–water partition coefficient (Wildman–Crippen LogP) is 1.12. The summed E-state index contributed by atoms with van der Waals surface area (Å²) < 4.78 is 1.52. The maximum absolute atomic E-state index is 12.1. The van der Waals surface area contributed by atoms with Crippen molar-refractivity contribution in [2.75, 3.05) is 19.3 Å². The Hall–Kier alpha value is -1.52. The highest BCUT2D eigenvalue weighted by Crippen LogP contribution is 2.13. The molecular weight excluding hydrogens is 204 g/mol. The topological polar surface area (TPSA) is 64.2 Å². The summed E-state index contributed by atoms with van der Waals surface area (Å²) in [5, 5.41) is 3.96. The Morgan fingerprint density at radius 2 is 2.31 bits per heavy atom. The Morgan fingerprint density at radius 3 is 2.75 bits per heavy atom. The zero-order valence-corrected chi connectivity index (χ0v) is 10.4. The minimum absolute atomic E-state index is 0.0715. The number of amides is 1. The number of anilines is 1. The Morgan fingerprint density at radius 1 is 1.69 bits per heavy atom. The number of nitrogens with zero attached hydrogens (tertiary/aromatic N) is 3. The molecule has 1 aromatic heterocycles. The van der Waals surface area contributed by atoms with E-state index in [1.54, 1.807) is 19.0 Å². The van der Waals surface area contributed by atoms with Crippen molar-refractivity contribution in [2.24, 2.45) is 13.0 Å². The Bertz CT molecular complexity index is 353. The summed E-state index contributed by atoms with van der Waals surface area (Å²) in [4.78, 5) is 13.8. The summed E-state index contributed by atoms with van der Waals surface area (Å²) in [5.41, 5.74) is 6.61. The lowest BCUT2D eigenvalue weighted by Gasteiger charge is -2.20. The number of hydrogen-bond acceptors (Lipinski definition) is 3. The van der Waals surface area contributed by atoms with Crippen LogP contribution in [0.2, 0.25) is 0 Å². The second-order valence-corrected chi connectivity index (χ2v) is 4.27. The highest BCUT2D eigenvalue weighted by Gasteiger charge is 2.19. The van der Waals surface area contributed by atoms with Gasteiger partial charge >= 0.3 is 0 Å². The molecule has 0 bridgehead atoms. The molecule has 5 heteroatoms. The molecule has 0 aliphatic carbocycles. The van der Waals surface area contributed by atoms with E-state index in [0.29, 0.717) is 17.3 Å². The van der Waals surface area contributed by atoms with Crippen LogP contribution in [-0.2, 0) is 7.05 Å². The van der Waals surface area contributed by atoms with E-state index >= 15 is 0 Å². The monoisotopic (exact) mass is 224 g/mol. The molecule has 90 valence electrons. The van der Waals surface area contributed by atoms with Gasteiger partial charge < -0.3 is 10.6 Å². The van der Waals surface area contributed by atoms with E-state index in [1.165, 1.54) is 10.9 Å². The van der Waals surface area contributed by atoms with Crippen LogP contribution < -0.4 is 5.73 Å². The van der Waals surface area contributed by atoms with Crippen molar-refractivity contribution in [3.8, 4) is 0 Å². The minimum atomic E-state index is -0.0715. The van der Waals surface area contributed by atoms with Crippen molar-refractivity contribution in [3.05, 3.63) is 11.9 Å². The molecule has 0 fully saturated rings. The molecule has 0 aromatic carbocycles. The average molecular weight is 224 g/mol. The van der Waals surface area contributed by atoms with Gasteiger partial charge in [0.2, 0.25) is 0 Å². The maximum atomic E-state index is 12.1. The van der Waals surface area contributed by atoms with Crippen LogP contribution in [0.1, 0.15) is 30.8 Å². The van der Waals surface area contributed by atoms with E-state index in [1.807, 2.05) is 0 Å². The highest BCUT2D eigenvalue weighted by atomic mass is 16.2. The van der Waals surface area contributed by atoms with Crippen LogP contribution in [-0.4, -0.2) is 34.2 Å². The lowest BCUT2D eigenvalue weighted by Crippen LogP contribution is -2.32. The fourth-order valence-corrected chi connectivity index (χ4v) is 1.58. The standard InChI is InChI=1S/C11H20N4O/c1-5-8(2)7-14(3)11(16)10-9(12)6-13-15(10)4/h6,8H,5,7,12H2,1-4H3. The van der Waals surface area contributed by atoms with Crippen LogP contribution >= 0.6 is 0 Å². The molecule has 0 aliphatic rings. The second kappa shape index (κ2) is 5.01. The van der Waals surface area contributed by atoms with Gasteiger partial charge in [0.15, 0.2) is 0 Å². The third-order valence-corrected chi connectivity index (χ3v) is 2.80. The van der Waals surface area contributed by atoms with Gasteiger partial charge in [-0.05, 0) is 5.92 Å². The molecule has 0 radical (unpaired) electrons. The van der Waals surface area contributed by atoms with Gasteiger partial charge in [0.05, 0.1) is 11.9 Å². The van der Waals surface area contributed by atoms with Crippen LogP contribution in [0.15, 0.2) is 6.20 Å². The van der Waals surface area contributed by atoms with Crippen molar-refractivity contribution in [1.29, 1.82) is 0 Å². The molecule has 1 atom stereocenters. The minimum Gasteiger partial charge on any atom is -0.396 e. The predicted molar refractivity (Wildman–Crippen MR) is 64.0 cm³/mol. The highest BCUT2D eigenvalue weighted by molar-refractivity contribution is 5.97. The quantitative estimate of drug-likeness (QED) is 0.833. The summed E-state index contributed by atoms with van der Waals surface area (Å²) in [6, 6.07) is 0. The molecule has 1 unspecified atom stereocenters. The van der Waals surface area contributed by atoms with Gasteiger partial charge in [0.1, 0.15) is 5.69 Å². The normalized spacial score (nSPS) is 12.5. The zero-order valence-electron chi connectivity index (χ0n) is 10.4. The van der Waals surface area contributed by atoms with Crippen molar-refractivity contribution >= 4 is 11.6 Å². The van der Waals surface area contributed by atoms with Crippen molar-refractivity contribution in [2.45, 2.75) is 20.3 Å². The molecule has 1 rings (SSSR count). The van der Waals surface area contributed by atoms with Crippen LogP contribution in [0.5, 0.6) is 0 Å². The molecule has 5 nitrogen and oxygen atoms in total. The SMILES string of the molecule is CCC(C)CN(C)C(=O)c1c(N)cnn1C. The van der Waals surface area contributed by atoms with Crippen LogP contribution in [0.25, 0.3) is 0 Å². The largest absolute Gasteiger partial charge is 0.396 e. The Labute approximate surface area is 96.2 Å². The number of hydrogen-bond donors (Lipinski definition) is 1. The van der Waals surface area contributed by atoms with Gasteiger partial charge in [0.25, 0.3) is 5.91 Å². The molecule has 1 amide bonds. The van der Waals surface area contributed by atoms with Crippen molar-refractivity contribution < 1.29 is 4.79 Å². The van der Waals surface area contributed by atoms with Crippen LogP contribution in [0.3, 0.4) is 0 Å². The summed E-state index contributed by atoms with van der Waals surface area (Å²) in [5.74, 6) is 0.418. The summed E-state index contributed by atoms with van der Waals surface area (Å²) in [6.45, 7) is 4.97. The van der Waals surface area contributed by atoms with Gasteiger partial charge in [-0.3, -0.25) is 9.48 Å². The van der Waals surface area contributed by atoms with Crippen LogP contribution in [0, 0.1) is 5.92 Å². The van der Waals surface area contributed by atoms with Gasteiger partial charge in [-0.25, -0.2) is 0 Å². The third kappa shape index (κ3) is 2.53. The van der Waals surface area contributed by atoms with E-state index < -0.39 is 0 Å². The first-order valence-corrected chi connectivity index (χ1v) is 5.50. The summed E-state index contributed by atoms with van der Waals surface area (Å²) in [7, 11) is 3.52. The van der Waals surface area contributed by atoms with Gasteiger partial charge in [-0.15, -0.1) is 0 Å². The first-order chi connectivity index (χ1) is 7.47. The van der Waals surface area contributed by atoms with E-state index in [4.69, 9.17) is 5.73 Å². The number of aromatic nitrogens is 2. The van der Waals surface area contributed by atoms with Gasteiger partial charge in [0, 0.05) is 20.6 Å². The molecule has 0 saturated heterocycles. The second-order valence-electron chi connectivity index (χ2n) is 4.27. The maximum Gasteiger partial charge on any atom is 0.274 e. The Kier molecular flexibility index (Phi) is 3.93. The molecule has 1 heterocycles. The van der Waals surface area contributed by atoms with Crippen molar-refractivity contribution in [1.82, 2.24) is 14.7 Å². The molecule has 16 heavy (non-hydrogen) atoms. The fourth-order valence-electron chi connectivity index (χ4n) is 1.58. The molecule has 2 N–H and O–H groups in total. The zero-order chi connectivity index (χ0) is 12.3. The number of carbonyl (C=O) groups is 1. The number of aryl methyl sites for hydroxylation is 1. The first kappa shape index (κ1) is 12.5. The smallest absolute Gasteiger partial charge is 0.274 e. The average Bonchev–Trinajstić information content (AvgIpc) is 2.57. The van der Waals surface area contributed by atoms with E-state index in [9.17, 15) is 4.79 Å². The van der Waals surface area contributed by atoms with E-state index in [0.717, 1.165) is 13.0 Å². The molecule has 0 saturated carbocycles.